The number of nitrogens with one attached hydrogen (secondary N) is 1. The van der Waals surface area contributed by atoms with Crippen molar-refractivity contribution in [2.75, 3.05) is 6.61 Å². The van der Waals surface area contributed by atoms with Crippen LogP contribution in [0.5, 0.6) is 5.75 Å². The van der Waals surface area contributed by atoms with Crippen molar-refractivity contribution >= 4 is 22.6 Å². The van der Waals surface area contributed by atoms with E-state index in [2.05, 4.69) is 5.32 Å². The molecular weight excluding hydrogens is 318 g/mol. The molecule has 1 atom stereocenters. The quantitative estimate of drug-likeness (QED) is 0.725. The van der Waals surface area contributed by atoms with Crippen molar-refractivity contribution in [2.45, 2.75) is 6.04 Å². The van der Waals surface area contributed by atoms with Crippen LogP contribution in [-0.2, 0) is 9.59 Å². The maximum absolute atomic E-state index is 12.1. The smallest absolute Gasteiger partial charge is 0.330 e. The number of carbonyl (C=O) groups is 2. The van der Waals surface area contributed by atoms with Crippen molar-refractivity contribution in [1.29, 1.82) is 0 Å². The minimum atomic E-state index is -1.12. The second-order valence-corrected chi connectivity index (χ2v) is 5.55. The zero-order valence-electron chi connectivity index (χ0n) is 13.4. The number of rotatable bonds is 6. The Hall–Kier alpha value is -3.34. The van der Waals surface area contributed by atoms with Crippen molar-refractivity contribution in [3.63, 3.8) is 0 Å². The van der Waals surface area contributed by atoms with E-state index in [0.29, 0.717) is 11.3 Å². The lowest BCUT2D eigenvalue weighted by molar-refractivity contribution is -0.142. The number of hydrogen-bond donors (Lipinski definition) is 2. The van der Waals surface area contributed by atoms with Gasteiger partial charge in [-0.15, -0.1) is 0 Å². The van der Waals surface area contributed by atoms with E-state index in [1.807, 2.05) is 36.4 Å². The molecule has 5 nitrogen and oxygen atoms in total. The third-order valence-corrected chi connectivity index (χ3v) is 3.78. The molecule has 0 aromatic heterocycles. The summed E-state index contributed by atoms with van der Waals surface area (Å²) in [5.41, 5.74) is 0.508. The molecule has 3 aromatic rings. The highest BCUT2D eigenvalue weighted by molar-refractivity contribution is 5.86. The molecular formula is C20H17NO4. The first-order chi connectivity index (χ1) is 12.1. The molecule has 0 aliphatic rings. The van der Waals surface area contributed by atoms with Crippen LogP contribution in [0.1, 0.15) is 11.6 Å². The Balaban J connectivity index is 1.64. The van der Waals surface area contributed by atoms with Crippen molar-refractivity contribution in [3.05, 3.63) is 78.4 Å². The minimum Gasteiger partial charge on any atom is -0.484 e. The van der Waals surface area contributed by atoms with Crippen LogP contribution in [0, 0.1) is 0 Å². The van der Waals surface area contributed by atoms with Gasteiger partial charge in [-0.05, 0) is 28.5 Å². The molecule has 3 rings (SSSR count). The van der Waals surface area contributed by atoms with E-state index in [1.165, 1.54) is 0 Å². The first-order valence-corrected chi connectivity index (χ1v) is 7.82. The molecule has 0 bridgehead atoms. The van der Waals surface area contributed by atoms with E-state index in [4.69, 9.17) is 4.74 Å². The third-order valence-electron chi connectivity index (χ3n) is 3.78. The van der Waals surface area contributed by atoms with E-state index in [-0.39, 0.29) is 6.61 Å². The van der Waals surface area contributed by atoms with Gasteiger partial charge in [-0.1, -0.05) is 60.7 Å². The normalized spacial score (nSPS) is 11.7. The van der Waals surface area contributed by atoms with Gasteiger partial charge in [0.1, 0.15) is 5.75 Å². The first-order valence-electron chi connectivity index (χ1n) is 7.82. The molecule has 25 heavy (non-hydrogen) atoms. The zero-order chi connectivity index (χ0) is 17.6. The lowest BCUT2D eigenvalue weighted by Gasteiger charge is -2.15. The second kappa shape index (κ2) is 7.49. The van der Waals surface area contributed by atoms with Gasteiger partial charge < -0.3 is 15.2 Å². The Morgan fingerprint density at radius 2 is 1.60 bits per heavy atom. The fourth-order valence-electron chi connectivity index (χ4n) is 2.54. The van der Waals surface area contributed by atoms with E-state index in [1.54, 1.807) is 36.4 Å². The number of benzene rings is 3. The number of fused-ring (bicyclic) bond motifs is 1. The summed E-state index contributed by atoms with van der Waals surface area (Å²) in [5.74, 6) is -1.06. The number of carbonyl (C=O) groups excluding carboxylic acids is 1. The molecule has 0 saturated heterocycles. The number of amides is 1. The summed E-state index contributed by atoms with van der Waals surface area (Å²) in [6.07, 6.45) is 0. The fraction of sp³-hybridized carbons (Fsp3) is 0.100. The monoisotopic (exact) mass is 335 g/mol. The van der Waals surface area contributed by atoms with Crippen LogP contribution in [0.3, 0.4) is 0 Å². The number of aliphatic carboxylic acids is 1. The maximum atomic E-state index is 12.1. The molecule has 0 fully saturated rings. The molecule has 0 saturated carbocycles. The summed E-state index contributed by atoms with van der Waals surface area (Å²) in [6.45, 7) is -0.255. The standard InChI is InChI=1S/C20H17NO4/c22-18(21-19(20(23)24)15-7-2-1-3-8-15)13-25-17-11-10-14-6-4-5-9-16(14)12-17/h1-12,19H,13H2,(H,21,22)(H,23,24). The van der Waals surface area contributed by atoms with Gasteiger partial charge >= 0.3 is 5.97 Å². The lowest BCUT2D eigenvalue weighted by Crippen LogP contribution is -2.36. The van der Waals surface area contributed by atoms with Gasteiger partial charge in [0.05, 0.1) is 0 Å². The van der Waals surface area contributed by atoms with Crippen molar-refractivity contribution in [3.8, 4) is 5.75 Å². The highest BCUT2D eigenvalue weighted by atomic mass is 16.5. The Kier molecular flexibility index (Phi) is 4.95. The zero-order valence-corrected chi connectivity index (χ0v) is 13.4. The van der Waals surface area contributed by atoms with Crippen LogP contribution >= 0.6 is 0 Å². The molecule has 0 spiro atoms. The fourth-order valence-corrected chi connectivity index (χ4v) is 2.54. The Labute approximate surface area is 144 Å². The molecule has 126 valence electrons. The average Bonchev–Trinajstić information content (AvgIpc) is 2.64. The highest BCUT2D eigenvalue weighted by Crippen LogP contribution is 2.20. The molecule has 0 aliphatic carbocycles. The summed E-state index contributed by atoms with van der Waals surface area (Å²) in [4.78, 5) is 23.5. The molecule has 5 heteroatoms. The van der Waals surface area contributed by atoms with E-state index < -0.39 is 17.9 Å². The summed E-state index contributed by atoms with van der Waals surface area (Å²) >= 11 is 0. The summed E-state index contributed by atoms with van der Waals surface area (Å²) in [7, 11) is 0. The molecule has 0 aliphatic heterocycles. The van der Waals surface area contributed by atoms with Gasteiger partial charge in [0.25, 0.3) is 5.91 Å². The van der Waals surface area contributed by atoms with Crippen molar-refractivity contribution < 1.29 is 19.4 Å². The molecule has 0 heterocycles. The molecule has 2 N–H and O–H groups in total. The predicted molar refractivity (Wildman–Crippen MR) is 94.4 cm³/mol. The third kappa shape index (κ3) is 4.14. The van der Waals surface area contributed by atoms with Crippen LogP contribution in [0.25, 0.3) is 10.8 Å². The van der Waals surface area contributed by atoms with E-state index in [0.717, 1.165) is 10.8 Å². The Morgan fingerprint density at radius 3 is 2.32 bits per heavy atom. The average molecular weight is 335 g/mol. The van der Waals surface area contributed by atoms with Crippen LogP contribution in [-0.4, -0.2) is 23.6 Å². The maximum Gasteiger partial charge on any atom is 0.330 e. The molecule has 1 amide bonds. The molecule has 1 unspecified atom stereocenters. The van der Waals surface area contributed by atoms with Gasteiger partial charge in [0, 0.05) is 0 Å². The van der Waals surface area contributed by atoms with E-state index >= 15 is 0 Å². The predicted octanol–water partition coefficient (Wildman–Crippen LogP) is 3.16. The van der Waals surface area contributed by atoms with Crippen LogP contribution in [0.15, 0.2) is 72.8 Å². The largest absolute Gasteiger partial charge is 0.484 e. The number of carboxylic acid groups (broad SMARTS) is 1. The summed E-state index contributed by atoms with van der Waals surface area (Å²) in [6, 6.07) is 20.8. The van der Waals surface area contributed by atoms with Crippen LogP contribution < -0.4 is 10.1 Å². The number of hydrogen-bond acceptors (Lipinski definition) is 3. The van der Waals surface area contributed by atoms with Gasteiger partial charge in [-0.3, -0.25) is 4.79 Å². The van der Waals surface area contributed by atoms with Crippen LogP contribution in [0.4, 0.5) is 0 Å². The van der Waals surface area contributed by atoms with Gasteiger partial charge in [0.2, 0.25) is 0 Å². The highest BCUT2D eigenvalue weighted by Gasteiger charge is 2.21. The van der Waals surface area contributed by atoms with E-state index in [9.17, 15) is 14.7 Å². The minimum absolute atomic E-state index is 0.255. The summed E-state index contributed by atoms with van der Waals surface area (Å²) in [5, 5.41) is 13.9. The summed E-state index contributed by atoms with van der Waals surface area (Å²) < 4.78 is 5.49. The molecule has 0 radical (unpaired) electrons. The molecule has 3 aromatic carbocycles. The topological polar surface area (TPSA) is 75.6 Å². The number of ether oxygens (including phenoxy) is 1. The van der Waals surface area contributed by atoms with Crippen molar-refractivity contribution in [1.82, 2.24) is 5.32 Å². The SMILES string of the molecule is O=C(COc1ccc2ccccc2c1)NC(C(=O)O)c1ccccc1. The number of carboxylic acids is 1. The van der Waals surface area contributed by atoms with Crippen molar-refractivity contribution in [2.24, 2.45) is 0 Å². The Bertz CT molecular complexity index is 892. The van der Waals surface area contributed by atoms with Crippen LogP contribution in [0.2, 0.25) is 0 Å². The van der Waals surface area contributed by atoms with Gasteiger partial charge in [0.15, 0.2) is 12.6 Å². The Morgan fingerprint density at radius 1 is 0.920 bits per heavy atom. The first kappa shape index (κ1) is 16.5. The van der Waals surface area contributed by atoms with Gasteiger partial charge in [-0.25, -0.2) is 4.79 Å². The second-order valence-electron chi connectivity index (χ2n) is 5.55. The van der Waals surface area contributed by atoms with Gasteiger partial charge in [-0.2, -0.15) is 0 Å². The lowest BCUT2D eigenvalue weighted by atomic mass is 10.1.